The second-order valence-corrected chi connectivity index (χ2v) is 11.5. The second-order valence-electron chi connectivity index (χ2n) is 9.46. The first-order valence-corrected chi connectivity index (χ1v) is 13.6. The molecule has 1 heterocycles. The van der Waals surface area contributed by atoms with Gasteiger partial charge in [0.25, 0.3) is 0 Å². The van der Waals surface area contributed by atoms with Crippen LogP contribution in [0.5, 0.6) is 0 Å². The lowest BCUT2D eigenvalue weighted by Crippen LogP contribution is -2.56. The smallest absolute Gasteiger partial charge is 0.225 e. The Balaban J connectivity index is 1.95. The number of amides is 1. The molecule has 1 aromatic carbocycles. The Hall–Kier alpha value is -2.51. The fourth-order valence-electron chi connectivity index (χ4n) is 4.75. The summed E-state index contributed by atoms with van der Waals surface area (Å²) >= 11 is 0. The van der Waals surface area contributed by atoms with Gasteiger partial charge < -0.3 is 10.1 Å². The Labute approximate surface area is 209 Å². The summed E-state index contributed by atoms with van der Waals surface area (Å²) in [6, 6.07) is 11.6. The maximum atomic E-state index is 14.0. The van der Waals surface area contributed by atoms with E-state index in [1.54, 1.807) is 12.2 Å². The zero-order chi connectivity index (χ0) is 25.3. The van der Waals surface area contributed by atoms with Gasteiger partial charge in [-0.25, -0.2) is 13.1 Å². The number of morpholine rings is 1. The van der Waals surface area contributed by atoms with Crippen LogP contribution in [0.1, 0.15) is 32.3 Å². The van der Waals surface area contributed by atoms with Crippen molar-refractivity contribution >= 4 is 21.5 Å². The fourth-order valence-corrected chi connectivity index (χ4v) is 6.56. The Morgan fingerprint density at radius 2 is 1.94 bits per heavy atom. The second kappa shape index (κ2) is 12.5. The molecule has 9 heteroatoms. The molecule has 8 nitrogen and oxygen atoms in total. The first-order valence-electron chi connectivity index (χ1n) is 12.2. The highest BCUT2D eigenvalue weighted by molar-refractivity contribution is 7.91. The molecule has 1 aliphatic carbocycles. The quantitative estimate of drug-likeness (QED) is 0.451. The van der Waals surface area contributed by atoms with Gasteiger partial charge in [0, 0.05) is 26.2 Å². The number of carbonyl (C=O) groups is 1. The number of hydrogen-bond donors (Lipinski definition) is 2. The molecule has 1 aromatic rings. The fraction of sp³-hybridized carbons (Fsp3) is 0.538. The minimum atomic E-state index is -3.98. The molecular weight excluding hydrogens is 464 g/mol. The molecule has 2 unspecified atom stereocenters. The van der Waals surface area contributed by atoms with E-state index in [4.69, 9.17) is 10.00 Å². The van der Waals surface area contributed by atoms with Crippen molar-refractivity contribution in [3.63, 3.8) is 0 Å². The van der Waals surface area contributed by atoms with Crippen LogP contribution in [-0.2, 0) is 19.6 Å². The number of rotatable bonds is 11. The van der Waals surface area contributed by atoms with E-state index in [9.17, 15) is 13.2 Å². The molecule has 0 radical (unpaired) electrons. The molecule has 1 fully saturated rings. The molecule has 190 valence electrons. The third kappa shape index (κ3) is 6.79. The Bertz CT molecular complexity index is 1060. The third-order valence-electron chi connectivity index (χ3n) is 6.57. The summed E-state index contributed by atoms with van der Waals surface area (Å²) in [5.74, 6) is -1.20. The van der Waals surface area contributed by atoms with Crippen molar-refractivity contribution in [2.24, 2.45) is 11.8 Å². The Kier molecular flexibility index (Phi) is 9.63. The van der Waals surface area contributed by atoms with Crippen LogP contribution in [0, 0.1) is 23.2 Å². The molecular formula is C26H36N4O4S. The number of nitrogens with one attached hydrogen (secondary N) is 2. The lowest BCUT2D eigenvalue weighted by molar-refractivity contribution is -0.126. The minimum absolute atomic E-state index is 0.0766. The zero-order valence-electron chi connectivity index (χ0n) is 20.6. The van der Waals surface area contributed by atoms with Gasteiger partial charge in [0.15, 0.2) is 0 Å². The van der Waals surface area contributed by atoms with Crippen LogP contribution in [0.25, 0.3) is 5.57 Å². The van der Waals surface area contributed by atoms with E-state index in [-0.39, 0.29) is 25.4 Å². The number of sulfonamides is 1. The highest BCUT2D eigenvalue weighted by Crippen LogP contribution is 2.43. The van der Waals surface area contributed by atoms with Gasteiger partial charge in [-0.1, -0.05) is 62.4 Å². The molecule has 3 rings (SSSR count). The first kappa shape index (κ1) is 27.1. The van der Waals surface area contributed by atoms with Crippen LogP contribution in [0.2, 0.25) is 0 Å². The molecule has 0 spiro atoms. The van der Waals surface area contributed by atoms with Crippen LogP contribution < -0.4 is 10.0 Å². The van der Waals surface area contributed by atoms with Crippen LogP contribution in [0.3, 0.4) is 0 Å². The largest absolute Gasteiger partial charge is 0.379 e. The van der Waals surface area contributed by atoms with Gasteiger partial charge in [-0.3, -0.25) is 9.69 Å². The van der Waals surface area contributed by atoms with E-state index in [0.29, 0.717) is 26.2 Å². The van der Waals surface area contributed by atoms with E-state index in [1.807, 2.05) is 56.3 Å². The van der Waals surface area contributed by atoms with E-state index in [1.165, 1.54) is 0 Å². The van der Waals surface area contributed by atoms with E-state index < -0.39 is 26.6 Å². The summed E-state index contributed by atoms with van der Waals surface area (Å²) < 4.78 is 34.8. The van der Waals surface area contributed by atoms with E-state index in [0.717, 1.165) is 24.2 Å². The van der Waals surface area contributed by atoms with Crippen molar-refractivity contribution in [2.45, 2.75) is 31.4 Å². The van der Waals surface area contributed by atoms with Gasteiger partial charge in [-0.05, 0) is 29.9 Å². The van der Waals surface area contributed by atoms with Gasteiger partial charge in [0.1, 0.15) is 11.3 Å². The summed E-state index contributed by atoms with van der Waals surface area (Å²) in [5, 5.41) is 11.6. The average molecular weight is 501 g/mol. The minimum Gasteiger partial charge on any atom is -0.379 e. The molecule has 2 aliphatic rings. The van der Waals surface area contributed by atoms with Crippen molar-refractivity contribution < 1.29 is 17.9 Å². The molecule has 0 bridgehead atoms. The van der Waals surface area contributed by atoms with Gasteiger partial charge >= 0.3 is 0 Å². The van der Waals surface area contributed by atoms with Crippen molar-refractivity contribution in [2.75, 3.05) is 45.9 Å². The average Bonchev–Trinajstić information content (AvgIpc) is 2.86. The highest BCUT2D eigenvalue weighted by atomic mass is 32.2. The molecule has 35 heavy (non-hydrogen) atoms. The van der Waals surface area contributed by atoms with Crippen LogP contribution in [0.15, 0.2) is 48.6 Å². The number of hydrogen-bond acceptors (Lipinski definition) is 6. The zero-order valence-corrected chi connectivity index (χ0v) is 21.4. The molecule has 1 saturated heterocycles. The summed E-state index contributed by atoms with van der Waals surface area (Å²) in [7, 11) is -3.98. The lowest BCUT2D eigenvalue weighted by Gasteiger charge is -2.40. The molecule has 0 aromatic heterocycles. The summed E-state index contributed by atoms with van der Waals surface area (Å²) in [4.78, 5) is 15.5. The lowest BCUT2D eigenvalue weighted by atomic mass is 9.77. The molecule has 2 N–H and O–H groups in total. The Morgan fingerprint density at radius 1 is 1.23 bits per heavy atom. The number of carbonyl (C=O) groups excluding carboxylic acids is 1. The van der Waals surface area contributed by atoms with Crippen molar-refractivity contribution in [1.29, 1.82) is 5.26 Å². The summed E-state index contributed by atoms with van der Waals surface area (Å²) in [6.45, 7) is 7.39. The van der Waals surface area contributed by atoms with Gasteiger partial charge in [-0.2, -0.15) is 5.26 Å². The maximum absolute atomic E-state index is 14.0. The number of nitrogens with zero attached hydrogens (tertiary/aromatic N) is 2. The predicted octanol–water partition coefficient (Wildman–Crippen LogP) is 2.32. The molecule has 1 aliphatic heterocycles. The third-order valence-corrected chi connectivity index (χ3v) is 8.72. The normalized spacial score (nSPS) is 21.8. The highest BCUT2D eigenvalue weighted by Gasteiger charge is 2.52. The summed E-state index contributed by atoms with van der Waals surface area (Å²) in [6.07, 6.45) is 5.86. The van der Waals surface area contributed by atoms with Crippen molar-refractivity contribution in [1.82, 2.24) is 14.9 Å². The predicted molar refractivity (Wildman–Crippen MR) is 137 cm³/mol. The van der Waals surface area contributed by atoms with Crippen LogP contribution >= 0.6 is 0 Å². The monoisotopic (exact) mass is 500 g/mol. The van der Waals surface area contributed by atoms with E-state index in [2.05, 4.69) is 14.9 Å². The summed E-state index contributed by atoms with van der Waals surface area (Å²) in [5.41, 5.74) is 1.78. The van der Waals surface area contributed by atoms with Gasteiger partial charge in [0.2, 0.25) is 15.9 Å². The maximum Gasteiger partial charge on any atom is 0.225 e. The number of nitriles is 1. The van der Waals surface area contributed by atoms with Crippen LogP contribution in [-0.4, -0.2) is 69.9 Å². The van der Waals surface area contributed by atoms with Gasteiger partial charge in [0.05, 0.1) is 25.2 Å². The van der Waals surface area contributed by atoms with E-state index >= 15 is 0 Å². The van der Waals surface area contributed by atoms with Crippen molar-refractivity contribution in [3.8, 4) is 6.07 Å². The van der Waals surface area contributed by atoms with Gasteiger partial charge in [-0.15, -0.1) is 0 Å². The SMILES string of the molecule is CC(C)CC(C(=O)NCC#N)C1(S(=O)(=O)NCCN2CCOCC2)C=CC=C(c2ccccc2)C1. The number of allylic oxidation sites excluding steroid dienone is 3. The molecule has 2 atom stereocenters. The number of ether oxygens (including phenoxy) is 1. The number of benzene rings is 1. The standard InChI is InChI=1S/C26H36N4O4S/c1-21(2)19-24(25(31)28-12-11-27)26(10-6-9-23(20-26)22-7-4-3-5-8-22)35(32,33)29-13-14-30-15-17-34-18-16-30/h3-10,21,24,29H,12-20H2,1-2H3,(H,28,31). The van der Waals surface area contributed by atoms with Crippen LogP contribution in [0.4, 0.5) is 0 Å². The first-order chi connectivity index (χ1) is 16.8. The molecule has 0 saturated carbocycles. The Morgan fingerprint density at radius 3 is 2.60 bits per heavy atom. The molecule has 1 amide bonds. The topological polar surface area (TPSA) is 112 Å². The van der Waals surface area contributed by atoms with Crippen molar-refractivity contribution in [3.05, 3.63) is 54.1 Å².